The molecule has 0 aromatic heterocycles. The summed E-state index contributed by atoms with van der Waals surface area (Å²) in [7, 11) is 0. The Bertz CT molecular complexity index is 197. The van der Waals surface area contributed by atoms with Gasteiger partial charge in [0.15, 0.2) is 0 Å². The third kappa shape index (κ3) is 2.60. The van der Waals surface area contributed by atoms with Crippen LogP contribution in [0.5, 0.6) is 0 Å². The summed E-state index contributed by atoms with van der Waals surface area (Å²) in [5.74, 6) is 1.23. The van der Waals surface area contributed by atoms with Gasteiger partial charge in [-0.25, -0.2) is 0 Å². The van der Waals surface area contributed by atoms with Gasteiger partial charge in [0.1, 0.15) is 0 Å². The molecule has 0 radical (unpaired) electrons. The van der Waals surface area contributed by atoms with Crippen LogP contribution < -0.4 is 5.32 Å². The Morgan fingerprint density at radius 1 is 1.54 bits per heavy atom. The van der Waals surface area contributed by atoms with E-state index >= 15 is 0 Å². The molecule has 0 atom stereocenters. The Balaban J connectivity index is 2.33. The molecule has 13 heavy (non-hydrogen) atoms. The van der Waals surface area contributed by atoms with Gasteiger partial charge >= 0.3 is 0 Å². The van der Waals surface area contributed by atoms with E-state index in [1.165, 1.54) is 0 Å². The molecule has 1 amide bonds. The molecule has 1 fully saturated rings. The summed E-state index contributed by atoms with van der Waals surface area (Å²) in [6.07, 6.45) is 2.23. The molecule has 76 valence electrons. The predicted octanol–water partition coefficient (Wildman–Crippen LogP) is 2.17. The van der Waals surface area contributed by atoms with Crippen LogP contribution in [0.1, 0.15) is 33.6 Å². The van der Waals surface area contributed by atoms with Crippen molar-refractivity contribution in [2.45, 2.75) is 39.7 Å². The molecule has 0 aromatic rings. The fourth-order valence-electron chi connectivity index (χ4n) is 1.46. The van der Waals surface area contributed by atoms with Crippen LogP contribution in [-0.2, 0) is 4.79 Å². The molecular weight excluding hydrogens is 186 g/mol. The lowest BCUT2D eigenvalue weighted by Crippen LogP contribution is -2.48. The van der Waals surface area contributed by atoms with Gasteiger partial charge in [0.25, 0.3) is 0 Å². The van der Waals surface area contributed by atoms with E-state index in [1.807, 2.05) is 13.8 Å². The highest BCUT2D eigenvalue weighted by Crippen LogP contribution is 2.27. The lowest BCUT2D eigenvalue weighted by atomic mass is 9.81. The van der Waals surface area contributed by atoms with Crippen LogP contribution in [0, 0.1) is 11.3 Å². The van der Waals surface area contributed by atoms with Crippen molar-refractivity contribution >= 4 is 17.5 Å². The average molecular weight is 204 g/mol. The van der Waals surface area contributed by atoms with E-state index in [-0.39, 0.29) is 5.91 Å². The fraction of sp³-hybridized carbons (Fsp3) is 0.900. The molecular formula is C10H18ClNO. The van der Waals surface area contributed by atoms with Crippen LogP contribution in [0.2, 0.25) is 0 Å². The van der Waals surface area contributed by atoms with Crippen LogP contribution >= 0.6 is 11.6 Å². The Labute approximate surface area is 85.0 Å². The van der Waals surface area contributed by atoms with E-state index in [0.29, 0.717) is 11.9 Å². The highest BCUT2D eigenvalue weighted by atomic mass is 35.5. The molecule has 0 aliphatic heterocycles. The number of hydrogen-bond acceptors (Lipinski definition) is 1. The molecule has 0 bridgehead atoms. The van der Waals surface area contributed by atoms with Crippen molar-refractivity contribution < 1.29 is 4.79 Å². The Morgan fingerprint density at radius 3 is 2.46 bits per heavy atom. The normalized spacial score (nSPS) is 28.0. The van der Waals surface area contributed by atoms with E-state index < -0.39 is 5.41 Å². The molecule has 1 N–H and O–H groups in total. The molecule has 3 heteroatoms. The van der Waals surface area contributed by atoms with Gasteiger partial charge < -0.3 is 5.32 Å². The molecule has 2 nitrogen and oxygen atoms in total. The van der Waals surface area contributed by atoms with Crippen molar-refractivity contribution in [3.8, 4) is 0 Å². The SMILES string of the molecule is CC1CC(NC(=O)C(C)(C)CCl)C1. The molecule has 1 aliphatic carbocycles. The van der Waals surface area contributed by atoms with E-state index in [2.05, 4.69) is 12.2 Å². The Morgan fingerprint density at radius 2 is 2.08 bits per heavy atom. The molecule has 1 saturated carbocycles. The third-order valence-electron chi connectivity index (χ3n) is 2.66. The molecule has 0 saturated heterocycles. The Kier molecular flexibility index (Phi) is 3.23. The topological polar surface area (TPSA) is 29.1 Å². The summed E-state index contributed by atoms with van der Waals surface area (Å²) in [6.45, 7) is 5.95. The molecule has 0 aromatic carbocycles. The first-order chi connectivity index (χ1) is 5.95. The van der Waals surface area contributed by atoms with Crippen molar-refractivity contribution in [1.82, 2.24) is 5.32 Å². The van der Waals surface area contributed by atoms with Crippen LogP contribution in [0.3, 0.4) is 0 Å². The van der Waals surface area contributed by atoms with Crippen LogP contribution in [0.15, 0.2) is 0 Å². The summed E-state index contributed by atoms with van der Waals surface area (Å²) in [4.78, 5) is 11.6. The zero-order valence-corrected chi connectivity index (χ0v) is 9.32. The van der Waals surface area contributed by atoms with Crippen molar-refractivity contribution in [2.24, 2.45) is 11.3 Å². The van der Waals surface area contributed by atoms with Gasteiger partial charge in [0.2, 0.25) is 5.91 Å². The number of halogens is 1. The maximum Gasteiger partial charge on any atom is 0.227 e. The lowest BCUT2D eigenvalue weighted by Gasteiger charge is -2.35. The molecule has 0 spiro atoms. The second-order valence-corrected chi connectivity index (χ2v) is 5.03. The Hall–Kier alpha value is -0.240. The second-order valence-electron chi connectivity index (χ2n) is 4.76. The van der Waals surface area contributed by atoms with Gasteiger partial charge in [0, 0.05) is 11.9 Å². The van der Waals surface area contributed by atoms with E-state index in [9.17, 15) is 4.79 Å². The number of alkyl halides is 1. The van der Waals surface area contributed by atoms with Crippen LogP contribution in [0.25, 0.3) is 0 Å². The van der Waals surface area contributed by atoms with E-state index in [4.69, 9.17) is 11.6 Å². The first kappa shape index (κ1) is 10.8. The highest BCUT2D eigenvalue weighted by Gasteiger charge is 2.32. The quantitative estimate of drug-likeness (QED) is 0.700. The van der Waals surface area contributed by atoms with Gasteiger partial charge in [0.05, 0.1) is 5.41 Å². The van der Waals surface area contributed by atoms with Crippen molar-refractivity contribution in [3.63, 3.8) is 0 Å². The van der Waals surface area contributed by atoms with Gasteiger partial charge in [-0.3, -0.25) is 4.79 Å². The van der Waals surface area contributed by atoms with Gasteiger partial charge in [-0.1, -0.05) is 6.92 Å². The molecule has 1 aliphatic rings. The zero-order chi connectivity index (χ0) is 10.1. The van der Waals surface area contributed by atoms with E-state index in [0.717, 1.165) is 18.8 Å². The largest absolute Gasteiger partial charge is 0.353 e. The number of rotatable bonds is 3. The molecule has 1 rings (SSSR count). The maximum absolute atomic E-state index is 11.6. The first-order valence-corrected chi connectivity index (χ1v) is 5.36. The van der Waals surface area contributed by atoms with E-state index in [1.54, 1.807) is 0 Å². The minimum Gasteiger partial charge on any atom is -0.353 e. The summed E-state index contributed by atoms with van der Waals surface area (Å²) >= 11 is 5.70. The van der Waals surface area contributed by atoms with Crippen molar-refractivity contribution in [1.29, 1.82) is 0 Å². The third-order valence-corrected chi connectivity index (χ3v) is 3.33. The van der Waals surface area contributed by atoms with Gasteiger partial charge in [-0.2, -0.15) is 0 Å². The summed E-state index contributed by atoms with van der Waals surface area (Å²) in [5.41, 5.74) is -0.430. The molecule has 0 unspecified atom stereocenters. The average Bonchev–Trinajstić information content (AvgIpc) is 2.01. The van der Waals surface area contributed by atoms with Crippen molar-refractivity contribution in [3.05, 3.63) is 0 Å². The predicted molar refractivity (Wildman–Crippen MR) is 54.8 cm³/mol. The standard InChI is InChI=1S/C10H18ClNO/c1-7-4-8(5-7)12-9(13)10(2,3)6-11/h7-8H,4-6H2,1-3H3,(H,12,13). The highest BCUT2D eigenvalue weighted by molar-refractivity contribution is 6.19. The lowest BCUT2D eigenvalue weighted by molar-refractivity contribution is -0.129. The number of carbonyl (C=O) groups excluding carboxylic acids is 1. The van der Waals surface area contributed by atoms with Crippen LogP contribution in [-0.4, -0.2) is 17.8 Å². The second kappa shape index (κ2) is 3.87. The fourth-order valence-corrected chi connectivity index (χ4v) is 1.58. The van der Waals surface area contributed by atoms with Gasteiger partial charge in [-0.15, -0.1) is 11.6 Å². The number of carbonyl (C=O) groups is 1. The number of hydrogen-bond donors (Lipinski definition) is 1. The van der Waals surface area contributed by atoms with Crippen molar-refractivity contribution in [2.75, 3.05) is 5.88 Å². The first-order valence-electron chi connectivity index (χ1n) is 4.82. The van der Waals surface area contributed by atoms with Gasteiger partial charge in [-0.05, 0) is 32.6 Å². The summed E-state index contributed by atoms with van der Waals surface area (Å²) in [6, 6.07) is 0.394. The summed E-state index contributed by atoms with van der Waals surface area (Å²) < 4.78 is 0. The maximum atomic E-state index is 11.6. The smallest absolute Gasteiger partial charge is 0.227 e. The minimum absolute atomic E-state index is 0.0828. The minimum atomic E-state index is -0.430. The monoisotopic (exact) mass is 203 g/mol. The molecule has 0 heterocycles. The zero-order valence-electron chi connectivity index (χ0n) is 8.56. The number of nitrogens with one attached hydrogen (secondary N) is 1. The summed E-state index contributed by atoms with van der Waals surface area (Å²) in [5, 5.41) is 3.01. The number of amides is 1. The van der Waals surface area contributed by atoms with Crippen LogP contribution in [0.4, 0.5) is 0 Å².